The highest BCUT2D eigenvalue weighted by atomic mass is 19.1. The van der Waals surface area contributed by atoms with E-state index in [9.17, 15) is 4.79 Å². The molecule has 2 aliphatic heterocycles. The molecule has 0 bridgehead atoms. The molecule has 2 N–H and O–H groups in total. The molecule has 1 aromatic carbocycles. The van der Waals surface area contributed by atoms with Crippen LogP contribution < -0.4 is 20.9 Å². The standard InChI is InChI=1S/C19H21FN4O3/c1-9-8-26-18-15-12(17-14(19(25)24(9)15)22-10(2)27-17)5-13(20)16(18)23-4-3-11(6-21)7-23/h5,9,11H,3-4,6-8,21H2,1-2H3/t9-,11-/m0/s1. The monoisotopic (exact) mass is 372 g/mol. The van der Waals surface area contributed by atoms with Crippen LogP contribution in [0.2, 0.25) is 0 Å². The zero-order chi connectivity index (χ0) is 18.9. The van der Waals surface area contributed by atoms with Gasteiger partial charge in [0.2, 0.25) is 0 Å². The minimum atomic E-state index is -0.384. The molecular formula is C19H21FN4O3. The van der Waals surface area contributed by atoms with E-state index in [1.807, 2.05) is 11.8 Å². The Morgan fingerprint density at radius 3 is 3.00 bits per heavy atom. The Kier molecular flexibility index (Phi) is 3.49. The van der Waals surface area contributed by atoms with Crippen LogP contribution in [0.4, 0.5) is 10.1 Å². The average molecular weight is 372 g/mol. The fourth-order valence-corrected chi connectivity index (χ4v) is 4.35. The minimum absolute atomic E-state index is 0.178. The van der Waals surface area contributed by atoms with Crippen molar-refractivity contribution in [2.45, 2.75) is 26.3 Å². The normalized spacial score (nSPS) is 22.0. The maximum atomic E-state index is 15.2. The lowest BCUT2D eigenvalue weighted by Crippen LogP contribution is -2.32. The minimum Gasteiger partial charge on any atom is -0.487 e. The highest BCUT2D eigenvalue weighted by molar-refractivity contribution is 6.05. The lowest BCUT2D eigenvalue weighted by molar-refractivity contribution is 0.245. The zero-order valence-corrected chi connectivity index (χ0v) is 15.3. The second-order valence-electron chi connectivity index (χ2n) is 7.51. The summed E-state index contributed by atoms with van der Waals surface area (Å²) in [5.41, 5.74) is 7.10. The van der Waals surface area contributed by atoms with Crippen LogP contribution in [0.15, 0.2) is 15.3 Å². The zero-order valence-electron chi connectivity index (χ0n) is 15.3. The molecule has 2 atom stereocenters. The molecule has 5 rings (SSSR count). The summed E-state index contributed by atoms with van der Waals surface area (Å²) in [4.78, 5) is 19.3. The van der Waals surface area contributed by atoms with Crippen LogP contribution >= 0.6 is 0 Å². The van der Waals surface area contributed by atoms with Crippen LogP contribution in [0, 0.1) is 18.7 Å². The van der Waals surface area contributed by atoms with E-state index in [1.54, 1.807) is 11.5 Å². The quantitative estimate of drug-likeness (QED) is 0.743. The van der Waals surface area contributed by atoms with E-state index < -0.39 is 0 Å². The van der Waals surface area contributed by atoms with Crippen molar-refractivity contribution in [1.82, 2.24) is 9.55 Å². The van der Waals surface area contributed by atoms with E-state index in [4.69, 9.17) is 14.9 Å². The summed E-state index contributed by atoms with van der Waals surface area (Å²) in [6.45, 7) is 5.85. The number of benzene rings is 1. The van der Waals surface area contributed by atoms with Crippen molar-refractivity contribution >= 4 is 27.7 Å². The van der Waals surface area contributed by atoms with Gasteiger partial charge in [-0.3, -0.25) is 9.36 Å². The van der Waals surface area contributed by atoms with Crippen LogP contribution in [-0.4, -0.2) is 35.8 Å². The van der Waals surface area contributed by atoms with Gasteiger partial charge in [-0.15, -0.1) is 0 Å². The van der Waals surface area contributed by atoms with E-state index >= 15 is 4.39 Å². The molecule has 0 spiro atoms. The van der Waals surface area contributed by atoms with E-state index in [1.165, 1.54) is 6.07 Å². The van der Waals surface area contributed by atoms with Gasteiger partial charge < -0.3 is 19.8 Å². The Morgan fingerprint density at radius 1 is 1.44 bits per heavy atom. The summed E-state index contributed by atoms with van der Waals surface area (Å²) in [7, 11) is 0. The van der Waals surface area contributed by atoms with Gasteiger partial charge in [0, 0.05) is 20.0 Å². The van der Waals surface area contributed by atoms with Crippen molar-refractivity contribution in [3.63, 3.8) is 0 Å². The summed E-state index contributed by atoms with van der Waals surface area (Å²) in [6, 6.07) is 1.26. The summed E-state index contributed by atoms with van der Waals surface area (Å²) in [6.07, 6.45) is 0.914. The van der Waals surface area contributed by atoms with Crippen LogP contribution in [0.3, 0.4) is 0 Å². The van der Waals surface area contributed by atoms with Crippen LogP contribution in [0.1, 0.15) is 25.3 Å². The Labute approximate surface area is 154 Å². The molecule has 3 aromatic rings. The van der Waals surface area contributed by atoms with Gasteiger partial charge in [0.05, 0.1) is 11.4 Å². The first-order chi connectivity index (χ1) is 13.0. The lowest BCUT2D eigenvalue weighted by Gasteiger charge is -2.30. The maximum absolute atomic E-state index is 15.2. The van der Waals surface area contributed by atoms with Crippen molar-refractivity contribution in [3.8, 4) is 5.75 Å². The van der Waals surface area contributed by atoms with Gasteiger partial charge in [-0.25, -0.2) is 9.37 Å². The largest absolute Gasteiger partial charge is 0.487 e. The summed E-state index contributed by atoms with van der Waals surface area (Å²) in [5.74, 6) is 0.737. The van der Waals surface area contributed by atoms with Crippen molar-refractivity contribution < 1.29 is 13.5 Å². The summed E-state index contributed by atoms with van der Waals surface area (Å²) < 4.78 is 28.5. The molecule has 27 heavy (non-hydrogen) atoms. The van der Waals surface area contributed by atoms with E-state index in [2.05, 4.69) is 4.98 Å². The molecule has 2 aromatic heterocycles. The number of oxazole rings is 1. The van der Waals surface area contributed by atoms with Crippen molar-refractivity contribution in [2.75, 3.05) is 31.1 Å². The predicted molar refractivity (Wildman–Crippen MR) is 100 cm³/mol. The highest BCUT2D eigenvalue weighted by Crippen LogP contribution is 2.44. The molecule has 0 saturated carbocycles. The van der Waals surface area contributed by atoms with Gasteiger partial charge in [-0.2, -0.15) is 0 Å². The van der Waals surface area contributed by atoms with Gasteiger partial charge in [0.25, 0.3) is 5.56 Å². The number of anilines is 1. The molecule has 2 aliphatic rings. The number of aryl methyl sites for hydroxylation is 1. The molecule has 0 aliphatic carbocycles. The van der Waals surface area contributed by atoms with Crippen LogP contribution in [0.5, 0.6) is 5.75 Å². The molecule has 7 nitrogen and oxygen atoms in total. The van der Waals surface area contributed by atoms with Crippen molar-refractivity contribution in [1.29, 1.82) is 0 Å². The summed E-state index contributed by atoms with van der Waals surface area (Å²) in [5, 5.41) is 0.516. The van der Waals surface area contributed by atoms with Crippen LogP contribution in [-0.2, 0) is 0 Å². The second-order valence-corrected chi connectivity index (χ2v) is 7.51. The van der Waals surface area contributed by atoms with Gasteiger partial charge in [-0.1, -0.05) is 0 Å². The number of pyridine rings is 1. The maximum Gasteiger partial charge on any atom is 0.281 e. The second kappa shape index (κ2) is 5.69. The number of fused-ring (bicyclic) bond motifs is 2. The number of rotatable bonds is 2. The third-order valence-electron chi connectivity index (χ3n) is 5.67. The molecule has 0 unspecified atom stereocenters. The number of hydrogen-bond donors (Lipinski definition) is 1. The van der Waals surface area contributed by atoms with Crippen LogP contribution in [0.25, 0.3) is 22.0 Å². The molecule has 1 saturated heterocycles. The van der Waals surface area contributed by atoms with Crippen molar-refractivity contribution in [3.05, 3.63) is 28.1 Å². The molecular weight excluding hydrogens is 351 g/mol. The SMILES string of the molecule is Cc1nc2c(=O)n3c4c(c(N5CC[C@@H](CN)C5)c(F)cc4c2o1)OC[C@@H]3C. The Hall–Kier alpha value is -2.61. The molecule has 0 amide bonds. The Balaban J connectivity index is 1.87. The topological polar surface area (TPSA) is 86.5 Å². The van der Waals surface area contributed by atoms with Gasteiger partial charge >= 0.3 is 0 Å². The number of nitrogens with zero attached hydrogens (tertiary/aromatic N) is 3. The molecule has 0 radical (unpaired) electrons. The van der Waals surface area contributed by atoms with E-state index in [0.717, 1.165) is 6.42 Å². The molecule has 4 heterocycles. The summed E-state index contributed by atoms with van der Waals surface area (Å²) >= 11 is 0. The third kappa shape index (κ3) is 2.22. The predicted octanol–water partition coefficient (Wildman–Crippen LogP) is 2.33. The Bertz CT molecular complexity index is 1140. The third-order valence-corrected chi connectivity index (χ3v) is 5.67. The first-order valence-corrected chi connectivity index (χ1v) is 9.25. The first kappa shape index (κ1) is 16.6. The van der Waals surface area contributed by atoms with Crippen molar-refractivity contribution in [2.24, 2.45) is 11.7 Å². The Morgan fingerprint density at radius 2 is 2.26 bits per heavy atom. The number of halogens is 1. The number of nitrogens with two attached hydrogens (primary N) is 1. The average Bonchev–Trinajstić information content (AvgIpc) is 3.26. The van der Waals surface area contributed by atoms with Gasteiger partial charge in [-0.05, 0) is 31.9 Å². The van der Waals surface area contributed by atoms with Gasteiger partial charge in [0.1, 0.15) is 17.8 Å². The highest BCUT2D eigenvalue weighted by Gasteiger charge is 2.33. The lowest BCUT2D eigenvalue weighted by atomic mass is 10.1. The van der Waals surface area contributed by atoms with E-state index in [0.29, 0.717) is 66.0 Å². The number of ether oxygens (including phenoxy) is 1. The fourth-order valence-electron chi connectivity index (χ4n) is 4.35. The van der Waals surface area contributed by atoms with Gasteiger partial charge in [0.15, 0.2) is 28.6 Å². The molecule has 1 fully saturated rings. The van der Waals surface area contributed by atoms with E-state index in [-0.39, 0.29) is 22.9 Å². The smallest absolute Gasteiger partial charge is 0.281 e. The number of hydrogen-bond acceptors (Lipinski definition) is 6. The number of aromatic nitrogens is 2. The first-order valence-electron chi connectivity index (χ1n) is 9.25. The molecule has 8 heteroatoms. The molecule has 142 valence electrons. The fraction of sp³-hybridized carbons (Fsp3) is 0.474.